The van der Waals surface area contributed by atoms with Gasteiger partial charge in [0.15, 0.2) is 11.2 Å². The second-order valence-electron chi connectivity index (χ2n) is 6.49. The van der Waals surface area contributed by atoms with Crippen molar-refractivity contribution in [1.82, 2.24) is 19.9 Å². The minimum Gasteiger partial charge on any atom is -0.433 e. The Bertz CT molecular complexity index is 1020. The highest BCUT2D eigenvalue weighted by Crippen LogP contribution is 2.23. The van der Waals surface area contributed by atoms with E-state index in [9.17, 15) is 4.79 Å². The predicted octanol–water partition coefficient (Wildman–Crippen LogP) is 3.04. The van der Waals surface area contributed by atoms with Gasteiger partial charge in [0, 0.05) is 17.8 Å². The van der Waals surface area contributed by atoms with Gasteiger partial charge in [-0.15, -0.1) is 0 Å². The number of nitrogens with zero attached hydrogens (tertiary/aromatic N) is 4. The van der Waals surface area contributed by atoms with Crippen LogP contribution in [0.2, 0.25) is 0 Å². The van der Waals surface area contributed by atoms with Crippen LogP contribution in [0.5, 0.6) is 0 Å². The van der Waals surface area contributed by atoms with Crippen molar-refractivity contribution in [3.8, 4) is 11.6 Å². The van der Waals surface area contributed by atoms with E-state index in [-0.39, 0.29) is 5.91 Å². The van der Waals surface area contributed by atoms with Gasteiger partial charge in [-0.3, -0.25) is 4.79 Å². The van der Waals surface area contributed by atoms with Crippen LogP contribution in [0, 0.1) is 0 Å². The fourth-order valence-corrected chi connectivity index (χ4v) is 2.85. The maximum atomic E-state index is 12.5. The maximum Gasteiger partial charge on any atom is 0.256 e. The van der Waals surface area contributed by atoms with Crippen LogP contribution in [0.3, 0.4) is 0 Å². The fraction of sp³-hybridized carbons (Fsp3) is 0.200. The van der Waals surface area contributed by atoms with E-state index in [0.717, 1.165) is 6.42 Å². The van der Waals surface area contributed by atoms with Gasteiger partial charge in [0.1, 0.15) is 11.5 Å². The van der Waals surface area contributed by atoms with Gasteiger partial charge < -0.3 is 14.6 Å². The van der Waals surface area contributed by atoms with E-state index in [4.69, 9.17) is 4.42 Å². The number of anilines is 1. The first-order chi connectivity index (χ1) is 13.1. The molecular weight excluding hydrogens is 342 g/mol. The molecule has 136 valence electrons. The highest BCUT2D eigenvalue weighted by atomic mass is 16.3. The third-order valence-electron chi connectivity index (χ3n) is 4.38. The summed E-state index contributed by atoms with van der Waals surface area (Å²) in [6.45, 7) is 0. The Morgan fingerprint density at radius 2 is 2.11 bits per heavy atom. The summed E-state index contributed by atoms with van der Waals surface area (Å²) in [5.41, 5.74) is 2.28. The van der Waals surface area contributed by atoms with Crippen molar-refractivity contribution in [3.05, 3.63) is 60.3 Å². The molecule has 0 aliphatic heterocycles. The first-order valence-electron chi connectivity index (χ1n) is 8.65. The molecule has 27 heavy (non-hydrogen) atoms. The first-order valence-corrected chi connectivity index (χ1v) is 8.65. The number of pyridine rings is 2. The molecule has 0 saturated heterocycles. The molecule has 0 bridgehead atoms. The Morgan fingerprint density at radius 1 is 1.22 bits per heavy atom. The summed E-state index contributed by atoms with van der Waals surface area (Å²) in [4.78, 5) is 27.5. The van der Waals surface area contributed by atoms with Gasteiger partial charge >= 0.3 is 0 Å². The van der Waals surface area contributed by atoms with Crippen molar-refractivity contribution in [3.63, 3.8) is 0 Å². The lowest BCUT2D eigenvalue weighted by molar-refractivity contribution is -0.112. The quantitative estimate of drug-likeness (QED) is 0.769. The van der Waals surface area contributed by atoms with Gasteiger partial charge in [-0.05, 0) is 44.8 Å². The van der Waals surface area contributed by atoms with Crippen LogP contribution in [-0.4, -0.2) is 45.9 Å². The molecule has 7 heteroatoms. The predicted molar refractivity (Wildman–Crippen MR) is 103 cm³/mol. The lowest BCUT2D eigenvalue weighted by Gasteiger charge is -2.22. The van der Waals surface area contributed by atoms with Gasteiger partial charge in [-0.25, -0.2) is 9.97 Å². The fourth-order valence-electron chi connectivity index (χ4n) is 2.85. The monoisotopic (exact) mass is 361 g/mol. The highest BCUT2D eigenvalue weighted by molar-refractivity contribution is 6.05. The molecule has 3 heterocycles. The number of nitrogens with one attached hydrogen (secondary N) is 1. The van der Waals surface area contributed by atoms with Crippen LogP contribution in [0.15, 0.2) is 64.7 Å². The van der Waals surface area contributed by atoms with Crippen molar-refractivity contribution in [2.75, 3.05) is 19.4 Å². The maximum absolute atomic E-state index is 12.5. The summed E-state index contributed by atoms with van der Waals surface area (Å²) in [5, 5.41) is 2.83. The number of rotatable bonds is 4. The number of carbonyl (C=O) groups excluding carboxylic acids is 1. The molecule has 3 aromatic rings. The highest BCUT2D eigenvalue weighted by Gasteiger charge is 2.16. The zero-order chi connectivity index (χ0) is 18.8. The standard InChI is InChI=1S/C20H19N5O2/c1-25(2)14-10-8-13(9-11-14)19(26)23-17-7-3-5-15(22-17)20-24-18-16(27-20)6-4-12-21-18/h3-10,12,14H,11H2,1-2H3,(H,22,23,26). The molecular formula is C20H19N5O2. The summed E-state index contributed by atoms with van der Waals surface area (Å²) >= 11 is 0. The van der Waals surface area contributed by atoms with Gasteiger partial charge in [-0.2, -0.15) is 4.98 Å². The molecule has 0 spiro atoms. The summed E-state index contributed by atoms with van der Waals surface area (Å²) in [6.07, 6.45) is 8.28. The van der Waals surface area contributed by atoms with Crippen molar-refractivity contribution in [2.24, 2.45) is 0 Å². The number of amides is 1. The van der Waals surface area contributed by atoms with E-state index < -0.39 is 0 Å². The normalized spacial score (nSPS) is 16.6. The molecule has 4 rings (SSSR count). The van der Waals surface area contributed by atoms with Gasteiger partial charge in [0.25, 0.3) is 5.91 Å². The molecule has 1 N–H and O–H groups in total. The second kappa shape index (κ2) is 7.13. The zero-order valence-electron chi connectivity index (χ0n) is 15.1. The average molecular weight is 361 g/mol. The number of likely N-dealkylation sites (N-methyl/N-ethyl adjacent to an activating group) is 1. The molecule has 0 radical (unpaired) electrons. The molecule has 1 unspecified atom stereocenters. The Balaban J connectivity index is 1.51. The second-order valence-corrected chi connectivity index (χ2v) is 6.49. The third-order valence-corrected chi connectivity index (χ3v) is 4.38. The van der Waals surface area contributed by atoms with E-state index in [2.05, 4.69) is 25.2 Å². The SMILES string of the molecule is CN(C)C1C=CC(C(=O)Nc2cccc(-c3nc4ncccc4o3)n2)=CC1. The van der Waals surface area contributed by atoms with Gasteiger partial charge in [-0.1, -0.05) is 24.3 Å². The average Bonchev–Trinajstić information content (AvgIpc) is 3.12. The Kier molecular flexibility index (Phi) is 4.52. The summed E-state index contributed by atoms with van der Waals surface area (Å²) in [5.74, 6) is 0.620. The van der Waals surface area contributed by atoms with E-state index in [1.807, 2.05) is 32.3 Å². The Morgan fingerprint density at radius 3 is 2.85 bits per heavy atom. The third kappa shape index (κ3) is 3.63. The first kappa shape index (κ1) is 17.1. The minimum absolute atomic E-state index is 0.188. The number of fused-ring (bicyclic) bond motifs is 1. The van der Waals surface area contributed by atoms with E-state index in [1.165, 1.54) is 0 Å². The lowest BCUT2D eigenvalue weighted by atomic mass is 10.0. The van der Waals surface area contributed by atoms with Crippen LogP contribution in [0.25, 0.3) is 22.8 Å². The van der Waals surface area contributed by atoms with Crippen molar-refractivity contribution < 1.29 is 9.21 Å². The molecule has 1 amide bonds. The molecule has 0 fully saturated rings. The summed E-state index contributed by atoms with van der Waals surface area (Å²) < 4.78 is 5.69. The van der Waals surface area contributed by atoms with Crippen LogP contribution in [0.1, 0.15) is 6.42 Å². The van der Waals surface area contributed by atoms with Gasteiger partial charge in [0.2, 0.25) is 5.89 Å². The van der Waals surface area contributed by atoms with Crippen molar-refractivity contribution in [2.45, 2.75) is 12.5 Å². The van der Waals surface area contributed by atoms with Crippen LogP contribution < -0.4 is 5.32 Å². The number of aromatic nitrogens is 3. The Hall–Kier alpha value is -3.32. The molecule has 1 atom stereocenters. The number of hydrogen-bond donors (Lipinski definition) is 1. The molecule has 0 aromatic carbocycles. The number of carbonyl (C=O) groups is 1. The molecule has 0 saturated carbocycles. The molecule has 3 aromatic heterocycles. The van der Waals surface area contributed by atoms with E-state index in [0.29, 0.717) is 40.2 Å². The topological polar surface area (TPSA) is 84.2 Å². The smallest absolute Gasteiger partial charge is 0.256 e. The molecule has 7 nitrogen and oxygen atoms in total. The van der Waals surface area contributed by atoms with Gasteiger partial charge in [0.05, 0.1) is 0 Å². The van der Waals surface area contributed by atoms with E-state index in [1.54, 1.807) is 36.5 Å². The molecule has 1 aliphatic carbocycles. The van der Waals surface area contributed by atoms with Crippen LogP contribution in [-0.2, 0) is 4.79 Å². The largest absolute Gasteiger partial charge is 0.433 e. The van der Waals surface area contributed by atoms with E-state index >= 15 is 0 Å². The van der Waals surface area contributed by atoms with Crippen molar-refractivity contribution in [1.29, 1.82) is 0 Å². The number of hydrogen-bond acceptors (Lipinski definition) is 6. The van der Waals surface area contributed by atoms with Crippen molar-refractivity contribution >= 4 is 23.0 Å². The zero-order valence-corrected chi connectivity index (χ0v) is 15.1. The summed E-state index contributed by atoms with van der Waals surface area (Å²) in [7, 11) is 4.04. The Labute approximate surface area is 156 Å². The summed E-state index contributed by atoms with van der Waals surface area (Å²) in [6, 6.07) is 9.21. The van der Waals surface area contributed by atoms with Crippen LogP contribution in [0.4, 0.5) is 5.82 Å². The molecule has 1 aliphatic rings. The lowest BCUT2D eigenvalue weighted by Crippen LogP contribution is -2.27. The number of oxazole rings is 1. The van der Waals surface area contributed by atoms with Crippen LogP contribution >= 0.6 is 0 Å². The minimum atomic E-state index is -0.188.